The van der Waals surface area contributed by atoms with Gasteiger partial charge in [0.1, 0.15) is 0 Å². The van der Waals surface area contributed by atoms with Crippen molar-refractivity contribution in [3.8, 4) is 0 Å². The van der Waals surface area contributed by atoms with Crippen LogP contribution in [0, 0.1) is 34.5 Å². The molecular weight excluding hydrogens is 472 g/mol. The highest BCUT2D eigenvalue weighted by Gasteiger charge is 2.61. The minimum Gasteiger partial charge on any atom is -0.414 e. The minimum absolute atomic E-state index is 0.155. The summed E-state index contributed by atoms with van der Waals surface area (Å²) < 4.78 is 6.91. The van der Waals surface area contributed by atoms with Crippen LogP contribution in [0.1, 0.15) is 107 Å². The molecule has 4 aliphatic carbocycles. The fraction of sp³-hybridized carbons (Fsp3) is 0.848. The first-order valence-corrected chi connectivity index (χ1v) is 18.0. The predicted molar refractivity (Wildman–Crippen MR) is 157 cm³/mol. The van der Waals surface area contributed by atoms with Crippen LogP contribution in [-0.4, -0.2) is 35.8 Å². The first-order valence-electron chi connectivity index (χ1n) is 15.1. The summed E-state index contributed by atoms with van der Waals surface area (Å²) in [7, 11) is -1.76. The van der Waals surface area contributed by atoms with Crippen LogP contribution in [0.25, 0.3) is 0 Å². The summed E-state index contributed by atoms with van der Waals surface area (Å²) in [4.78, 5) is 0. The first-order chi connectivity index (χ1) is 16.8. The van der Waals surface area contributed by atoms with E-state index in [1.807, 2.05) is 13.0 Å². The van der Waals surface area contributed by atoms with Gasteiger partial charge in [-0.2, -0.15) is 0 Å². The zero-order valence-electron chi connectivity index (χ0n) is 25.6. The molecule has 2 N–H and O–H groups in total. The molecule has 3 fully saturated rings. The van der Waals surface area contributed by atoms with Crippen molar-refractivity contribution in [1.82, 2.24) is 0 Å². The Labute approximate surface area is 229 Å². The maximum absolute atomic E-state index is 11.6. The van der Waals surface area contributed by atoms with E-state index in [1.165, 1.54) is 38.5 Å². The molecule has 4 heteroatoms. The summed E-state index contributed by atoms with van der Waals surface area (Å²) >= 11 is 0. The highest BCUT2D eigenvalue weighted by molar-refractivity contribution is 6.74. The summed E-state index contributed by atoms with van der Waals surface area (Å²) in [6.07, 6.45) is 16.1. The molecule has 0 aliphatic heterocycles. The third-order valence-corrected chi connectivity index (χ3v) is 16.4. The summed E-state index contributed by atoms with van der Waals surface area (Å²) in [5.74, 6) is 2.39. The Balaban J connectivity index is 1.52. The molecule has 0 heterocycles. The van der Waals surface area contributed by atoms with E-state index in [1.54, 1.807) is 25.5 Å². The molecule has 0 amide bonds. The van der Waals surface area contributed by atoms with E-state index in [9.17, 15) is 10.2 Å². The molecule has 37 heavy (non-hydrogen) atoms. The van der Waals surface area contributed by atoms with Crippen LogP contribution < -0.4 is 0 Å². The summed E-state index contributed by atoms with van der Waals surface area (Å²) in [5.41, 5.74) is 3.45. The van der Waals surface area contributed by atoms with Crippen LogP contribution in [0.3, 0.4) is 0 Å². The van der Waals surface area contributed by atoms with Gasteiger partial charge in [0.05, 0.1) is 11.2 Å². The van der Waals surface area contributed by atoms with E-state index < -0.39 is 19.5 Å². The normalized spacial score (nSPS) is 39.9. The van der Waals surface area contributed by atoms with Crippen LogP contribution >= 0.6 is 0 Å². The SMILES string of the molecule is CC(C)(O)C=C=C[C@](C)(O)[C@H]1CC[C@H]2[C@@H]3CC=C4C[C@@H](O[Si](C)(C)C(C)(C)C)CC[C@]4(C)[C@H]3CC[C@@]21C. The van der Waals surface area contributed by atoms with Crippen LogP contribution in [0.5, 0.6) is 0 Å². The molecule has 0 radical (unpaired) electrons. The van der Waals surface area contributed by atoms with E-state index in [2.05, 4.69) is 59.5 Å². The summed E-state index contributed by atoms with van der Waals surface area (Å²) in [6.45, 7) is 22.3. The second-order valence-corrected chi connectivity index (χ2v) is 20.8. The van der Waals surface area contributed by atoms with Crippen molar-refractivity contribution in [2.45, 2.75) is 142 Å². The first kappa shape index (κ1) is 29.3. The zero-order chi connectivity index (χ0) is 27.7. The van der Waals surface area contributed by atoms with Gasteiger partial charge >= 0.3 is 0 Å². The molecule has 0 aromatic heterocycles. The van der Waals surface area contributed by atoms with Gasteiger partial charge in [-0.1, -0.05) is 46.3 Å². The van der Waals surface area contributed by atoms with Crippen LogP contribution in [0.4, 0.5) is 0 Å². The van der Waals surface area contributed by atoms with Crippen molar-refractivity contribution in [1.29, 1.82) is 0 Å². The molecule has 0 spiro atoms. The molecule has 0 aromatic carbocycles. The van der Waals surface area contributed by atoms with Gasteiger partial charge in [0.25, 0.3) is 0 Å². The van der Waals surface area contributed by atoms with E-state index in [0.717, 1.165) is 24.7 Å². The van der Waals surface area contributed by atoms with E-state index in [-0.39, 0.29) is 16.4 Å². The maximum Gasteiger partial charge on any atom is 0.192 e. The lowest BCUT2D eigenvalue weighted by atomic mass is 9.47. The molecule has 4 rings (SSSR count). The van der Waals surface area contributed by atoms with Gasteiger partial charge in [-0.25, -0.2) is 0 Å². The fourth-order valence-corrected chi connectivity index (χ4v) is 10.2. The second-order valence-electron chi connectivity index (χ2n) is 16.0. The molecule has 4 aliphatic rings. The molecule has 0 bridgehead atoms. The van der Waals surface area contributed by atoms with E-state index in [0.29, 0.717) is 17.4 Å². The molecule has 3 saturated carbocycles. The van der Waals surface area contributed by atoms with Crippen molar-refractivity contribution < 1.29 is 14.6 Å². The largest absolute Gasteiger partial charge is 0.414 e. The molecule has 210 valence electrons. The Kier molecular flexibility index (Phi) is 7.52. The number of aliphatic hydroxyl groups is 2. The van der Waals surface area contributed by atoms with Gasteiger partial charge in [-0.15, -0.1) is 5.73 Å². The Morgan fingerprint density at radius 1 is 0.946 bits per heavy atom. The monoisotopic (exact) mass is 528 g/mol. The Bertz CT molecular complexity index is 957. The van der Waals surface area contributed by atoms with Crippen LogP contribution in [0.2, 0.25) is 18.1 Å². The smallest absolute Gasteiger partial charge is 0.192 e. The van der Waals surface area contributed by atoms with Gasteiger partial charge < -0.3 is 14.6 Å². The van der Waals surface area contributed by atoms with Crippen molar-refractivity contribution in [3.05, 3.63) is 29.5 Å². The van der Waals surface area contributed by atoms with Gasteiger partial charge in [-0.05, 0) is 137 Å². The number of hydrogen-bond donors (Lipinski definition) is 2. The van der Waals surface area contributed by atoms with Gasteiger partial charge in [0, 0.05) is 6.10 Å². The summed E-state index contributed by atoms with van der Waals surface area (Å²) in [5, 5.41) is 21.9. The van der Waals surface area contributed by atoms with E-state index in [4.69, 9.17) is 4.43 Å². The van der Waals surface area contributed by atoms with Crippen LogP contribution in [0.15, 0.2) is 29.5 Å². The highest BCUT2D eigenvalue weighted by atomic mass is 28.4. The third kappa shape index (κ3) is 5.40. The van der Waals surface area contributed by atoms with Crippen LogP contribution in [-0.2, 0) is 4.43 Å². The predicted octanol–water partition coefficient (Wildman–Crippen LogP) is 8.19. The molecule has 3 nitrogen and oxygen atoms in total. The lowest BCUT2D eigenvalue weighted by Crippen LogP contribution is -2.53. The highest BCUT2D eigenvalue weighted by Crippen LogP contribution is 2.67. The topological polar surface area (TPSA) is 49.7 Å². The van der Waals surface area contributed by atoms with Crippen molar-refractivity contribution in [2.24, 2.45) is 34.5 Å². The van der Waals surface area contributed by atoms with Crippen molar-refractivity contribution in [3.63, 3.8) is 0 Å². The quantitative estimate of drug-likeness (QED) is 0.215. The van der Waals surface area contributed by atoms with Crippen molar-refractivity contribution >= 4 is 8.32 Å². The molecule has 0 aromatic rings. The van der Waals surface area contributed by atoms with Gasteiger partial charge in [0.15, 0.2) is 8.32 Å². The van der Waals surface area contributed by atoms with Gasteiger partial charge in [0.2, 0.25) is 0 Å². The standard InChI is InChI=1S/C33H56O3Si/c1-29(2,3)37(9,10)36-24-16-20-31(6)23(22-24)12-13-25-26-14-15-28(32(26,7)21-17-27(25)31)33(8,35)19-11-18-30(4,5)34/h12,18-19,24-28,34-35H,13-17,20-22H2,1-10H3/t11?,24-,25-,26-,27-,28-,31-,32-,33-/m0/s1. The van der Waals surface area contributed by atoms with E-state index >= 15 is 0 Å². The molecule has 0 saturated heterocycles. The lowest BCUT2D eigenvalue weighted by molar-refractivity contribution is -0.0849. The Morgan fingerprint density at radius 2 is 1.62 bits per heavy atom. The maximum atomic E-state index is 11.6. The summed E-state index contributed by atoms with van der Waals surface area (Å²) in [6, 6.07) is 0. The number of rotatable bonds is 5. The van der Waals surface area contributed by atoms with Crippen molar-refractivity contribution in [2.75, 3.05) is 0 Å². The fourth-order valence-electron chi connectivity index (χ4n) is 8.80. The number of fused-ring (bicyclic) bond motifs is 5. The Morgan fingerprint density at radius 3 is 2.24 bits per heavy atom. The molecule has 8 atom stereocenters. The Hall–Kier alpha value is -0.643. The molecule has 0 unspecified atom stereocenters. The second kappa shape index (κ2) is 9.48. The third-order valence-electron chi connectivity index (χ3n) is 11.8. The number of allylic oxidation sites excluding steroid dienone is 1. The number of hydrogen-bond acceptors (Lipinski definition) is 3. The average molecular weight is 529 g/mol. The minimum atomic E-state index is -1.76. The lowest BCUT2D eigenvalue weighted by Gasteiger charge is -2.59. The zero-order valence-corrected chi connectivity index (χ0v) is 26.6. The van der Waals surface area contributed by atoms with Gasteiger partial charge in [-0.3, -0.25) is 0 Å². The molecular formula is C33H56O3Si. The average Bonchev–Trinajstić information content (AvgIpc) is 3.10.